The van der Waals surface area contributed by atoms with Crippen LogP contribution in [0, 0.1) is 0 Å². The largest absolute Gasteiger partial charge is 0.506 e. The summed E-state index contributed by atoms with van der Waals surface area (Å²) in [5.41, 5.74) is -0.933. The zero-order valence-electron chi connectivity index (χ0n) is 14.3. The SMILES string of the molecule is O=C(Nc1ccc(O)cn1)N1CCCN(c2cccc(C(F)(F)F)n2)CC1. The van der Waals surface area contributed by atoms with Crippen LogP contribution in [0.15, 0.2) is 36.5 Å². The molecule has 2 amide bonds. The predicted octanol–water partition coefficient (Wildman–Crippen LogP) is 2.95. The Labute approximate surface area is 153 Å². The van der Waals surface area contributed by atoms with Gasteiger partial charge in [-0.25, -0.2) is 14.8 Å². The van der Waals surface area contributed by atoms with Crippen molar-refractivity contribution >= 4 is 17.7 Å². The number of hydrogen-bond acceptors (Lipinski definition) is 5. The molecule has 1 fully saturated rings. The molecule has 2 aromatic rings. The standard InChI is InChI=1S/C17H18F3N5O2/c18-17(19,20)13-3-1-4-15(22-13)24-7-2-8-25(10-9-24)16(27)23-14-6-5-12(26)11-21-14/h1,3-6,11,26H,2,7-10H2,(H,21,23,27). The number of nitrogens with one attached hydrogen (secondary N) is 1. The van der Waals surface area contributed by atoms with Crippen LogP contribution in [0.4, 0.5) is 29.6 Å². The van der Waals surface area contributed by atoms with Crippen molar-refractivity contribution in [2.45, 2.75) is 12.6 Å². The average molecular weight is 381 g/mol. The third kappa shape index (κ3) is 4.78. The van der Waals surface area contributed by atoms with Crippen LogP contribution in [0.3, 0.4) is 0 Å². The topological polar surface area (TPSA) is 81.6 Å². The summed E-state index contributed by atoms with van der Waals surface area (Å²) in [7, 11) is 0. The van der Waals surface area contributed by atoms with Crippen molar-refractivity contribution in [2.24, 2.45) is 0 Å². The van der Waals surface area contributed by atoms with E-state index in [-0.39, 0.29) is 17.6 Å². The molecule has 27 heavy (non-hydrogen) atoms. The number of alkyl halides is 3. The predicted molar refractivity (Wildman–Crippen MR) is 92.6 cm³/mol. The number of carbonyl (C=O) groups excluding carboxylic acids is 1. The van der Waals surface area contributed by atoms with Gasteiger partial charge in [0.2, 0.25) is 0 Å². The van der Waals surface area contributed by atoms with Gasteiger partial charge in [0.15, 0.2) is 0 Å². The minimum atomic E-state index is -4.50. The Bertz CT molecular complexity index is 798. The van der Waals surface area contributed by atoms with Gasteiger partial charge < -0.3 is 14.9 Å². The van der Waals surface area contributed by atoms with Gasteiger partial charge >= 0.3 is 12.2 Å². The minimum absolute atomic E-state index is 0.00741. The second kappa shape index (κ2) is 7.68. The fourth-order valence-corrected chi connectivity index (χ4v) is 2.76. The van der Waals surface area contributed by atoms with Crippen LogP contribution in [0.1, 0.15) is 12.1 Å². The maximum Gasteiger partial charge on any atom is 0.433 e. The molecular weight excluding hydrogens is 363 g/mol. The van der Waals surface area contributed by atoms with Crippen LogP contribution >= 0.6 is 0 Å². The summed E-state index contributed by atoms with van der Waals surface area (Å²) in [5, 5.41) is 11.8. The Morgan fingerprint density at radius 1 is 1.11 bits per heavy atom. The Kier molecular flexibility index (Phi) is 5.33. The van der Waals surface area contributed by atoms with Crippen molar-refractivity contribution < 1.29 is 23.1 Å². The number of amides is 2. The van der Waals surface area contributed by atoms with Crippen molar-refractivity contribution in [1.29, 1.82) is 0 Å². The van der Waals surface area contributed by atoms with Crippen LogP contribution in [0.2, 0.25) is 0 Å². The van der Waals surface area contributed by atoms with Gasteiger partial charge in [0, 0.05) is 26.2 Å². The first-order valence-corrected chi connectivity index (χ1v) is 8.33. The van der Waals surface area contributed by atoms with Gasteiger partial charge in [-0.1, -0.05) is 6.07 Å². The van der Waals surface area contributed by atoms with Crippen molar-refractivity contribution in [2.75, 3.05) is 36.4 Å². The number of carbonyl (C=O) groups is 1. The van der Waals surface area contributed by atoms with Gasteiger partial charge in [-0.3, -0.25) is 5.32 Å². The number of aromatic nitrogens is 2. The lowest BCUT2D eigenvalue weighted by atomic mass is 10.3. The summed E-state index contributed by atoms with van der Waals surface area (Å²) in [6.45, 7) is 1.65. The third-order valence-corrected chi connectivity index (χ3v) is 4.11. The number of nitrogens with zero attached hydrogens (tertiary/aromatic N) is 4. The second-order valence-electron chi connectivity index (χ2n) is 6.04. The second-order valence-corrected chi connectivity index (χ2v) is 6.04. The molecule has 0 unspecified atom stereocenters. The summed E-state index contributed by atoms with van der Waals surface area (Å²) in [5.74, 6) is 0.540. The number of rotatable bonds is 2. The zero-order chi connectivity index (χ0) is 19.4. The molecule has 10 heteroatoms. The van der Waals surface area contributed by atoms with Crippen LogP contribution < -0.4 is 10.2 Å². The maximum absolute atomic E-state index is 12.9. The van der Waals surface area contributed by atoms with Crippen molar-refractivity contribution in [1.82, 2.24) is 14.9 Å². The molecule has 0 saturated carbocycles. The van der Waals surface area contributed by atoms with Crippen LogP contribution in [-0.4, -0.2) is 52.2 Å². The minimum Gasteiger partial charge on any atom is -0.506 e. The molecule has 7 nitrogen and oxygen atoms in total. The number of hydrogen-bond donors (Lipinski definition) is 2. The highest BCUT2D eigenvalue weighted by molar-refractivity contribution is 5.88. The van der Waals surface area contributed by atoms with E-state index in [1.54, 1.807) is 9.80 Å². The fraction of sp³-hybridized carbons (Fsp3) is 0.353. The summed E-state index contributed by atoms with van der Waals surface area (Å²) in [4.78, 5) is 23.3. The molecule has 0 radical (unpaired) electrons. The molecule has 0 atom stereocenters. The maximum atomic E-state index is 12.9. The Morgan fingerprint density at radius 3 is 2.63 bits per heavy atom. The van der Waals surface area contributed by atoms with E-state index in [4.69, 9.17) is 0 Å². The summed E-state index contributed by atoms with van der Waals surface area (Å²) in [6, 6.07) is 6.33. The van der Waals surface area contributed by atoms with E-state index >= 15 is 0 Å². The normalized spacial score (nSPS) is 15.4. The van der Waals surface area contributed by atoms with Gasteiger partial charge in [0.05, 0.1) is 6.20 Å². The highest BCUT2D eigenvalue weighted by Gasteiger charge is 2.33. The van der Waals surface area contributed by atoms with Gasteiger partial charge in [0.25, 0.3) is 0 Å². The monoisotopic (exact) mass is 381 g/mol. The fourth-order valence-electron chi connectivity index (χ4n) is 2.76. The quantitative estimate of drug-likeness (QED) is 0.836. The van der Waals surface area contributed by atoms with E-state index in [0.717, 1.165) is 6.07 Å². The number of halogens is 3. The molecule has 0 aromatic carbocycles. The molecule has 2 aromatic heterocycles. The van der Waals surface area contributed by atoms with Gasteiger partial charge in [-0.2, -0.15) is 13.2 Å². The molecule has 1 aliphatic heterocycles. The number of urea groups is 1. The first-order valence-electron chi connectivity index (χ1n) is 8.33. The van der Waals surface area contributed by atoms with E-state index < -0.39 is 11.9 Å². The molecule has 1 aliphatic rings. The number of pyridine rings is 2. The molecule has 2 N–H and O–H groups in total. The third-order valence-electron chi connectivity index (χ3n) is 4.11. The molecule has 1 saturated heterocycles. The first-order chi connectivity index (χ1) is 12.8. The lowest BCUT2D eigenvalue weighted by molar-refractivity contribution is -0.141. The lowest BCUT2D eigenvalue weighted by Gasteiger charge is -2.23. The summed E-state index contributed by atoms with van der Waals surface area (Å²) in [6.07, 6.45) is -2.68. The molecular formula is C17H18F3N5O2. The van der Waals surface area contributed by atoms with E-state index in [1.807, 2.05) is 0 Å². The molecule has 0 spiro atoms. The van der Waals surface area contributed by atoms with Gasteiger partial charge in [0.1, 0.15) is 23.1 Å². The van der Waals surface area contributed by atoms with Crippen LogP contribution in [-0.2, 0) is 6.18 Å². The molecule has 0 bridgehead atoms. The molecule has 3 rings (SSSR count). The summed E-state index contributed by atoms with van der Waals surface area (Å²) >= 11 is 0. The Morgan fingerprint density at radius 2 is 1.93 bits per heavy atom. The van der Waals surface area contributed by atoms with E-state index in [2.05, 4.69) is 15.3 Å². The molecule has 3 heterocycles. The average Bonchev–Trinajstić information content (AvgIpc) is 2.89. The first kappa shape index (κ1) is 18.7. The highest BCUT2D eigenvalue weighted by atomic mass is 19.4. The van der Waals surface area contributed by atoms with Crippen molar-refractivity contribution in [3.63, 3.8) is 0 Å². The smallest absolute Gasteiger partial charge is 0.433 e. The van der Waals surface area contributed by atoms with Crippen molar-refractivity contribution in [3.05, 3.63) is 42.2 Å². The van der Waals surface area contributed by atoms with Gasteiger partial charge in [-0.05, 0) is 30.7 Å². The van der Waals surface area contributed by atoms with Crippen LogP contribution in [0.25, 0.3) is 0 Å². The number of aromatic hydroxyl groups is 1. The highest BCUT2D eigenvalue weighted by Crippen LogP contribution is 2.29. The Balaban J connectivity index is 1.63. The Hall–Kier alpha value is -3.04. The zero-order valence-corrected chi connectivity index (χ0v) is 14.3. The summed E-state index contributed by atoms with van der Waals surface area (Å²) < 4.78 is 38.6. The van der Waals surface area contributed by atoms with E-state index in [9.17, 15) is 23.1 Å². The van der Waals surface area contributed by atoms with E-state index in [1.165, 1.54) is 30.5 Å². The lowest BCUT2D eigenvalue weighted by Crippen LogP contribution is -2.38. The van der Waals surface area contributed by atoms with Crippen LogP contribution in [0.5, 0.6) is 5.75 Å². The molecule has 0 aliphatic carbocycles. The number of anilines is 2. The van der Waals surface area contributed by atoms with Crippen molar-refractivity contribution in [3.8, 4) is 5.75 Å². The molecule has 144 valence electrons. The van der Waals surface area contributed by atoms with Gasteiger partial charge in [-0.15, -0.1) is 0 Å². The van der Waals surface area contributed by atoms with E-state index in [0.29, 0.717) is 38.4 Å².